The predicted molar refractivity (Wildman–Crippen MR) is 96.1 cm³/mol. The van der Waals surface area contributed by atoms with Crippen molar-refractivity contribution in [3.8, 4) is 0 Å². The minimum absolute atomic E-state index is 0.277. The van der Waals surface area contributed by atoms with Gasteiger partial charge in [-0.1, -0.05) is 29.3 Å². The highest BCUT2D eigenvalue weighted by Gasteiger charge is 2.42. The number of urea groups is 1. The van der Waals surface area contributed by atoms with E-state index in [1.54, 1.807) is 5.32 Å². The third-order valence-electron chi connectivity index (χ3n) is 3.21. The molecular formula is C16H8Cl2F6N2O2S. The van der Waals surface area contributed by atoms with Crippen LogP contribution in [0.3, 0.4) is 0 Å². The largest absolute Gasteiger partial charge is 0.357 e. The standard InChI is InChI=1S/C16H8Cl2F6N2O2S/c17-11-8(4-5-9(12(11)18)29-16(23,24)14(21)22)25-15(28)26-13(27)10-6(19)2-1-3-7(10)20/h1-5,14H,(H2,25,26,27,28). The van der Waals surface area contributed by atoms with E-state index in [-0.39, 0.29) is 5.69 Å². The lowest BCUT2D eigenvalue weighted by atomic mass is 10.2. The molecule has 2 N–H and O–H groups in total. The van der Waals surface area contributed by atoms with Crippen LogP contribution in [0, 0.1) is 11.6 Å². The summed E-state index contributed by atoms with van der Waals surface area (Å²) in [6.45, 7) is 0. The number of benzene rings is 2. The Labute approximate surface area is 173 Å². The number of imide groups is 1. The molecule has 2 aromatic rings. The van der Waals surface area contributed by atoms with Crippen LogP contribution < -0.4 is 10.6 Å². The van der Waals surface area contributed by atoms with E-state index in [0.29, 0.717) is 0 Å². The maximum atomic E-state index is 13.5. The molecule has 0 aliphatic heterocycles. The van der Waals surface area contributed by atoms with E-state index in [1.807, 2.05) is 5.32 Å². The van der Waals surface area contributed by atoms with Crippen LogP contribution in [-0.4, -0.2) is 23.6 Å². The van der Waals surface area contributed by atoms with Crippen molar-refractivity contribution < 1.29 is 35.9 Å². The molecule has 29 heavy (non-hydrogen) atoms. The molecule has 0 spiro atoms. The zero-order chi connectivity index (χ0) is 21.9. The van der Waals surface area contributed by atoms with Crippen LogP contribution in [0.1, 0.15) is 10.4 Å². The fraction of sp³-hybridized carbons (Fsp3) is 0.125. The molecule has 0 radical (unpaired) electrons. The van der Waals surface area contributed by atoms with E-state index in [2.05, 4.69) is 0 Å². The number of anilines is 1. The molecule has 0 bridgehead atoms. The fourth-order valence-corrected chi connectivity index (χ4v) is 3.19. The van der Waals surface area contributed by atoms with Crippen molar-refractivity contribution in [2.75, 3.05) is 5.32 Å². The van der Waals surface area contributed by atoms with Crippen molar-refractivity contribution in [3.63, 3.8) is 0 Å². The monoisotopic (exact) mass is 476 g/mol. The van der Waals surface area contributed by atoms with Gasteiger partial charge in [0.25, 0.3) is 5.91 Å². The number of carbonyl (C=O) groups is 2. The first kappa shape index (κ1) is 23.2. The summed E-state index contributed by atoms with van der Waals surface area (Å²) >= 11 is 11.1. The maximum Gasteiger partial charge on any atom is 0.357 e. The van der Waals surface area contributed by atoms with Gasteiger partial charge in [0.05, 0.1) is 15.7 Å². The van der Waals surface area contributed by atoms with E-state index in [4.69, 9.17) is 23.2 Å². The second-order valence-electron chi connectivity index (χ2n) is 5.21. The molecule has 0 saturated heterocycles. The number of carbonyl (C=O) groups excluding carboxylic acids is 2. The normalized spacial score (nSPS) is 11.5. The van der Waals surface area contributed by atoms with E-state index in [0.717, 1.165) is 30.3 Å². The number of halogens is 8. The van der Waals surface area contributed by atoms with Crippen LogP contribution in [0.15, 0.2) is 35.2 Å². The number of nitrogens with one attached hydrogen (secondary N) is 2. The summed E-state index contributed by atoms with van der Waals surface area (Å²) in [5.41, 5.74) is -1.28. The number of amides is 3. The lowest BCUT2D eigenvalue weighted by Gasteiger charge is -2.17. The molecule has 0 atom stereocenters. The fourth-order valence-electron chi connectivity index (χ4n) is 1.93. The van der Waals surface area contributed by atoms with Gasteiger partial charge in [0, 0.05) is 4.90 Å². The van der Waals surface area contributed by atoms with Gasteiger partial charge in [-0.2, -0.15) is 8.78 Å². The van der Waals surface area contributed by atoms with Crippen LogP contribution >= 0.6 is 35.0 Å². The van der Waals surface area contributed by atoms with Crippen LogP contribution in [0.25, 0.3) is 0 Å². The molecule has 4 nitrogen and oxygen atoms in total. The molecule has 3 amide bonds. The topological polar surface area (TPSA) is 58.2 Å². The van der Waals surface area contributed by atoms with Gasteiger partial charge in [0.2, 0.25) is 0 Å². The quantitative estimate of drug-likeness (QED) is 0.399. The molecule has 0 unspecified atom stereocenters. The van der Waals surface area contributed by atoms with Crippen LogP contribution in [0.4, 0.5) is 36.8 Å². The van der Waals surface area contributed by atoms with Crippen LogP contribution in [0.5, 0.6) is 0 Å². The summed E-state index contributed by atoms with van der Waals surface area (Å²) in [5, 5.41) is -1.80. The number of hydrogen-bond acceptors (Lipinski definition) is 3. The Kier molecular flexibility index (Phi) is 7.30. The van der Waals surface area contributed by atoms with Crippen molar-refractivity contribution in [1.29, 1.82) is 0 Å². The lowest BCUT2D eigenvalue weighted by molar-refractivity contribution is -0.0563. The van der Waals surface area contributed by atoms with E-state index >= 15 is 0 Å². The van der Waals surface area contributed by atoms with Gasteiger partial charge in [-0.05, 0) is 36.0 Å². The van der Waals surface area contributed by atoms with Crippen molar-refractivity contribution in [1.82, 2.24) is 5.32 Å². The van der Waals surface area contributed by atoms with E-state index in [1.165, 1.54) is 0 Å². The summed E-state index contributed by atoms with van der Waals surface area (Å²) in [5.74, 6) is -3.82. The Balaban J connectivity index is 2.15. The summed E-state index contributed by atoms with van der Waals surface area (Å²) in [7, 11) is 0. The van der Waals surface area contributed by atoms with Gasteiger partial charge in [0.1, 0.15) is 17.2 Å². The molecule has 0 fully saturated rings. The van der Waals surface area contributed by atoms with E-state index < -0.39 is 67.5 Å². The molecule has 0 aliphatic rings. The lowest BCUT2D eigenvalue weighted by Crippen LogP contribution is -2.35. The van der Waals surface area contributed by atoms with Crippen molar-refractivity contribution in [2.45, 2.75) is 16.6 Å². The molecule has 0 aliphatic carbocycles. The highest BCUT2D eigenvalue weighted by molar-refractivity contribution is 8.00. The third-order valence-corrected chi connectivity index (χ3v) is 5.22. The molecule has 156 valence electrons. The zero-order valence-electron chi connectivity index (χ0n) is 13.7. The molecule has 2 aromatic carbocycles. The average molecular weight is 477 g/mol. The molecule has 0 aromatic heterocycles. The third kappa shape index (κ3) is 5.49. The molecular weight excluding hydrogens is 469 g/mol. The Morgan fingerprint density at radius 3 is 2.14 bits per heavy atom. The maximum absolute atomic E-state index is 13.5. The molecule has 2 rings (SSSR count). The highest BCUT2D eigenvalue weighted by atomic mass is 35.5. The van der Waals surface area contributed by atoms with Gasteiger partial charge in [0.15, 0.2) is 0 Å². The average Bonchev–Trinajstić information content (AvgIpc) is 2.61. The number of alkyl halides is 4. The number of rotatable bonds is 5. The summed E-state index contributed by atoms with van der Waals surface area (Å²) in [4.78, 5) is 23.2. The minimum atomic E-state index is -4.43. The number of hydrogen-bond donors (Lipinski definition) is 2. The first-order valence-corrected chi connectivity index (χ1v) is 8.90. The van der Waals surface area contributed by atoms with Crippen molar-refractivity contribution >= 4 is 52.6 Å². The highest BCUT2D eigenvalue weighted by Crippen LogP contribution is 2.46. The summed E-state index contributed by atoms with van der Waals surface area (Å²) in [6, 6.07) is 3.21. The van der Waals surface area contributed by atoms with Gasteiger partial charge in [-0.25, -0.2) is 22.4 Å². The smallest absolute Gasteiger partial charge is 0.306 e. The predicted octanol–water partition coefficient (Wildman–Crippen LogP) is 6.18. The first-order valence-electron chi connectivity index (χ1n) is 7.33. The molecule has 0 saturated carbocycles. The van der Waals surface area contributed by atoms with Gasteiger partial charge in [-0.15, -0.1) is 0 Å². The van der Waals surface area contributed by atoms with Crippen molar-refractivity contribution in [2.24, 2.45) is 0 Å². The Bertz CT molecular complexity index is 941. The second kappa shape index (κ2) is 9.14. The number of thioether (sulfide) groups is 1. The van der Waals surface area contributed by atoms with Gasteiger partial charge in [-0.3, -0.25) is 10.1 Å². The molecule has 0 heterocycles. The minimum Gasteiger partial charge on any atom is -0.306 e. The van der Waals surface area contributed by atoms with Crippen LogP contribution in [-0.2, 0) is 0 Å². The van der Waals surface area contributed by atoms with Crippen LogP contribution in [0.2, 0.25) is 10.0 Å². The van der Waals surface area contributed by atoms with Crippen molar-refractivity contribution in [3.05, 3.63) is 57.6 Å². The first-order chi connectivity index (χ1) is 13.4. The van der Waals surface area contributed by atoms with Gasteiger partial charge >= 0.3 is 17.7 Å². The second-order valence-corrected chi connectivity index (χ2v) is 7.15. The van der Waals surface area contributed by atoms with Gasteiger partial charge < -0.3 is 5.32 Å². The SMILES string of the molecule is O=C(NC(=O)c1c(F)cccc1F)Nc1ccc(SC(F)(F)C(F)F)c(Cl)c1Cl. The zero-order valence-corrected chi connectivity index (χ0v) is 16.0. The molecule has 13 heteroatoms. The Hall–Kier alpha value is -2.11. The Morgan fingerprint density at radius 2 is 1.59 bits per heavy atom. The summed E-state index contributed by atoms with van der Waals surface area (Å²) < 4.78 is 78.0. The summed E-state index contributed by atoms with van der Waals surface area (Å²) in [6.07, 6.45) is -3.96. The Morgan fingerprint density at radius 1 is 1.00 bits per heavy atom. The van der Waals surface area contributed by atoms with E-state index in [9.17, 15) is 35.9 Å².